The molecule has 1 fully saturated rings. The summed E-state index contributed by atoms with van der Waals surface area (Å²) < 4.78 is 16.5. The van der Waals surface area contributed by atoms with Crippen LogP contribution in [-0.2, 0) is 19.1 Å². The summed E-state index contributed by atoms with van der Waals surface area (Å²) in [6.07, 6.45) is 2.60. The van der Waals surface area contributed by atoms with E-state index in [1.54, 1.807) is 29.2 Å². The number of hydrogen-bond donors (Lipinski definition) is 1. The molecule has 1 heterocycles. The summed E-state index contributed by atoms with van der Waals surface area (Å²) in [7, 11) is 0. The summed E-state index contributed by atoms with van der Waals surface area (Å²) in [5.41, 5.74) is -0.177. The number of rotatable bonds is 10. The molecule has 1 saturated heterocycles. The van der Waals surface area contributed by atoms with Crippen LogP contribution in [0.3, 0.4) is 0 Å². The normalized spacial score (nSPS) is 16.3. The van der Waals surface area contributed by atoms with Gasteiger partial charge in [-0.1, -0.05) is 19.8 Å². The minimum Gasteiger partial charge on any atom is -0.484 e. The summed E-state index contributed by atoms with van der Waals surface area (Å²) in [4.78, 5) is 26.5. The fourth-order valence-electron chi connectivity index (χ4n) is 3.03. The molecule has 0 aromatic heterocycles. The quantitative estimate of drug-likeness (QED) is 0.663. The predicted molar refractivity (Wildman–Crippen MR) is 108 cm³/mol. The van der Waals surface area contributed by atoms with Crippen LogP contribution in [0.4, 0.5) is 5.69 Å². The van der Waals surface area contributed by atoms with Crippen LogP contribution in [0, 0.1) is 0 Å². The molecular formula is C21H32N2O5. The van der Waals surface area contributed by atoms with Gasteiger partial charge in [-0.05, 0) is 44.5 Å². The number of ether oxygens (including phenoxy) is 3. The number of amides is 2. The maximum absolute atomic E-state index is 12.7. The number of carbonyl (C=O) groups is 2. The van der Waals surface area contributed by atoms with Crippen molar-refractivity contribution in [3.05, 3.63) is 24.3 Å². The minimum atomic E-state index is -0.843. The molecule has 7 nitrogen and oxygen atoms in total. The van der Waals surface area contributed by atoms with Crippen LogP contribution < -0.4 is 10.1 Å². The molecule has 1 aliphatic rings. The minimum absolute atomic E-state index is 0.00879. The molecule has 1 atom stereocenters. The van der Waals surface area contributed by atoms with E-state index in [0.29, 0.717) is 50.8 Å². The van der Waals surface area contributed by atoms with E-state index in [1.807, 2.05) is 13.8 Å². The Hall–Kier alpha value is -2.12. The molecule has 28 heavy (non-hydrogen) atoms. The molecule has 2 rings (SSSR count). The second-order valence-electron chi connectivity index (χ2n) is 7.03. The Labute approximate surface area is 167 Å². The first-order chi connectivity index (χ1) is 13.5. The van der Waals surface area contributed by atoms with Crippen LogP contribution in [0.25, 0.3) is 0 Å². The van der Waals surface area contributed by atoms with E-state index in [2.05, 4.69) is 12.2 Å². The molecule has 156 valence electrons. The zero-order valence-electron chi connectivity index (χ0n) is 17.2. The van der Waals surface area contributed by atoms with Crippen molar-refractivity contribution in [2.45, 2.75) is 45.6 Å². The first kappa shape index (κ1) is 22.2. The number of morpholine rings is 1. The van der Waals surface area contributed by atoms with E-state index in [4.69, 9.17) is 14.2 Å². The molecule has 0 spiro atoms. The lowest BCUT2D eigenvalue weighted by Crippen LogP contribution is -2.43. The zero-order valence-corrected chi connectivity index (χ0v) is 17.2. The lowest BCUT2D eigenvalue weighted by Gasteiger charge is -2.28. The standard InChI is InChI=1S/C21H32N2O5/c1-4-6-11-21(3,28-5-2)20(25)22-17-7-9-18(10-8-17)27-16-19(24)23-12-14-26-15-13-23/h7-10H,4-6,11-16H2,1-3H3,(H,22,25)/t21-/m0/s1. The van der Waals surface area contributed by atoms with Crippen molar-refractivity contribution in [3.63, 3.8) is 0 Å². The molecule has 0 unspecified atom stereocenters. The van der Waals surface area contributed by atoms with Crippen molar-refractivity contribution in [1.29, 1.82) is 0 Å². The van der Waals surface area contributed by atoms with Gasteiger partial charge in [0, 0.05) is 25.4 Å². The van der Waals surface area contributed by atoms with Gasteiger partial charge >= 0.3 is 0 Å². The number of unbranched alkanes of at least 4 members (excludes halogenated alkanes) is 1. The van der Waals surface area contributed by atoms with Gasteiger partial charge in [-0.2, -0.15) is 0 Å². The van der Waals surface area contributed by atoms with Crippen molar-refractivity contribution in [2.75, 3.05) is 44.8 Å². The molecule has 1 aliphatic heterocycles. The first-order valence-electron chi connectivity index (χ1n) is 10.0. The fraction of sp³-hybridized carbons (Fsp3) is 0.619. The molecule has 1 aromatic carbocycles. The molecule has 0 radical (unpaired) electrons. The molecule has 0 saturated carbocycles. The highest BCUT2D eigenvalue weighted by atomic mass is 16.5. The van der Waals surface area contributed by atoms with E-state index >= 15 is 0 Å². The zero-order chi connectivity index (χ0) is 20.4. The molecule has 2 amide bonds. The third-order valence-electron chi connectivity index (χ3n) is 4.79. The Kier molecular flexibility index (Phi) is 8.73. The van der Waals surface area contributed by atoms with Crippen LogP contribution in [0.2, 0.25) is 0 Å². The Morgan fingerprint density at radius 1 is 1.18 bits per heavy atom. The SMILES string of the molecule is CCCC[C@](C)(OCC)C(=O)Nc1ccc(OCC(=O)N2CCOCC2)cc1. The van der Waals surface area contributed by atoms with Gasteiger partial charge in [0.05, 0.1) is 13.2 Å². The average molecular weight is 392 g/mol. The molecule has 0 aliphatic carbocycles. The number of carbonyl (C=O) groups excluding carboxylic acids is 2. The van der Waals surface area contributed by atoms with Gasteiger partial charge in [0.15, 0.2) is 6.61 Å². The maximum atomic E-state index is 12.7. The summed E-state index contributed by atoms with van der Waals surface area (Å²) in [6, 6.07) is 7.01. The highest BCUT2D eigenvalue weighted by molar-refractivity contribution is 5.97. The second kappa shape index (κ2) is 11.0. The van der Waals surface area contributed by atoms with Gasteiger partial charge < -0.3 is 24.4 Å². The van der Waals surface area contributed by atoms with Gasteiger partial charge in [-0.3, -0.25) is 9.59 Å². The van der Waals surface area contributed by atoms with Gasteiger partial charge in [-0.15, -0.1) is 0 Å². The van der Waals surface area contributed by atoms with Gasteiger partial charge in [0.2, 0.25) is 0 Å². The number of hydrogen-bond acceptors (Lipinski definition) is 5. The first-order valence-corrected chi connectivity index (χ1v) is 10.0. The lowest BCUT2D eigenvalue weighted by molar-refractivity contribution is -0.139. The van der Waals surface area contributed by atoms with Crippen LogP contribution in [0.5, 0.6) is 5.75 Å². The number of anilines is 1. The van der Waals surface area contributed by atoms with E-state index in [1.165, 1.54) is 0 Å². The average Bonchev–Trinajstić information content (AvgIpc) is 2.72. The number of nitrogens with one attached hydrogen (secondary N) is 1. The van der Waals surface area contributed by atoms with Crippen molar-refractivity contribution in [2.24, 2.45) is 0 Å². The van der Waals surface area contributed by atoms with Crippen molar-refractivity contribution in [3.8, 4) is 5.75 Å². The Balaban J connectivity index is 1.87. The number of nitrogens with zero attached hydrogens (tertiary/aromatic N) is 1. The van der Waals surface area contributed by atoms with Crippen LogP contribution in [0.15, 0.2) is 24.3 Å². The van der Waals surface area contributed by atoms with Gasteiger partial charge in [0.25, 0.3) is 11.8 Å². The number of benzene rings is 1. The third-order valence-corrected chi connectivity index (χ3v) is 4.79. The third kappa shape index (κ3) is 6.49. The highest BCUT2D eigenvalue weighted by Gasteiger charge is 2.33. The van der Waals surface area contributed by atoms with E-state index in [0.717, 1.165) is 12.8 Å². The molecule has 7 heteroatoms. The Bertz CT molecular complexity index is 628. The second-order valence-corrected chi connectivity index (χ2v) is 7.03. The van der Waals surface area contributed by atoms with Crippen molar-refractivity contribution < 1.29 is 23.8 Å². The molecule has 1 aromatic rings. The van der Waals surface area contributed by atoms with E-state index in [9.17, 15) is 9.59 Å². The van der Waals surface area contributed by atoms with Crippen molar-refractivity contribution >= 4 is 17.5 Å². The summed E-state index contributed by atoms with van der Waals surface area (Å²) in [6.45, 7) is 8.62. The van der Waals surface area contributed by atoms with Crippen LogP contribution in [0.1, 0.15) is 40.0 Å². The largest absolute Gasteiger partial charge is 0.484 e. The molecular weight excluding hydrogens is 360 g/mol. The van der Waals surface area contributed by atoms with Crippen LogP contribution in [-0.4, -0.2) is 61.8 Å². The molecule has 0 bridgehead atoms. The summed E-state index contributed by atoms with van der Waals surface area (Å²) >= 11 is 0. The van der Waals surface area contributed by atoms with Crippen molar-refractivity contribution in [1.82, 2.24) is 4.90 Å². The Morgan fingerprint density at radius 3 is 2.46 bits per heavy atom. The van der Waals surface area contributed by atoms with E-state index < -0.39 is 5.60 Å². The highest BCUT2D eigenvalue weighted by Crippen LogP contribution is 2.23. The Morgan fingerprint density at radius 2 is 1.86 bits per heavy atom. The van der Waals surface area contributed by atoms with Crippen LogP contribution >= 0.6 is 0 Å². The van der Waals surface area contributed by atoms with E-state index in [-0.39, 0.29) is 18.4 Å². The summed E-state index contributed by atoms with van der Waals surface area (Å²) in [5.74, 6) is 0.376. The summed E-state index contributed by atoms with van der Waals surface area (Å²) in [5, 5.41) is 2.91. The fourth-order valence-corrected chi connectivity index (χ4v) is 3.03. The molecule has 1 N–H and O–H groups in total. The van der Waals surface area contributed by atoms with Gasteiger partial charge in [0.1, 0.15) is 11.4 Å². The maximum Gasteiger partial charge on any atom is 0.260 e. The predicted octanol–water partition coefficient (Wildman–Crippen LogP) is 2.85. The lowest BCUT2D eigenvalue weighted by atomic mass is 9.97. The topological polar surface area (TPSA) is 77.1 Å². The smallest absolute Gasteiger partial charge is 0.260 e. The van der Waals surface area contributed by atoms with Gasteiger partial charge in [-0.25, -0.2) is 0 Å². The monoisotopic (exact) mass is 392 g/mol.